The molecule has 17 heavy (non-hydrogen) atoms. The van der Waals surface area contributed by atoms with E-state index in [0.717, 1.165) is 11.5 Å². The molecule has 5 nitrogen and oxygen atoms in total. The van der Waals surface area contributed by atoms with Gasteiger partial charge in [0.15, 0.2) is 0 Å². The third-order valence-corrected chi connectivity index (χ3v) is 2.19. The molecule has 2 N–H and O–H groups in total. The highest BCUT2D eigenvalue weighted by atomic mass is 15.1. The number of hydrogen-bond acceptors (Lipinski definition) is 5. The molecular formula is C12H11N5. The first kappa shape index (κ1) is 10.9. The fourth-order valence-corrected chi connectivity index (χ4v) is 1.38. The van der Waals surface area contributed by atoms with Gasteiger partial charge in [-0.25, -0.2) is 9.97 Å². The molecule has 2 aromatic rings. The summed E-state index contributed by atoms with van der Waals surface area (Å²) in [5.74, 6) is 1.42. The molecule has 0 fully saturated rings. The first-order valence-corrected chi connectivity index (χ1v) is 5.09. The predicted octanol–water partition coefficient (Wildman–Crippen LogP) is 2.13. The van der Waals surface area contributed by atoms with Gasteiger partial charge >= 0.3 is 0 Å². The SMILES string of the molecule is CNc1cc(Nc2cccc(C#N)c2)ncn1. The first-order valence-electron chi connectivity index (χ1n) is 5.09. The van der Waals surface area contributed by atoms with E-state index in [4.69, 9.17) is 5.26 Å². The van der Waals surface area contributed by atoms with Crippen LogP contribution in [0.1, 0.15) is 5.56 Å². The summed E-state index contributed by atoms with van der Waals surface area (Å²) in [7, 11) is 1.79. The Morgan fingerprint density at radius 1 is 1.18 bits per heavy atom. The molecule has 0 unspecified atom stereocenters. The lowest BCUT2D eigenvalue weighted by Crippen LogP contribution is -1.98. The standard InChI is InChI=1S/C12H11N5/c1-14-11-6-12(16-8-15-11)17-10-4-2-3-9(5-10)7-13/h2-6,8H,1H3,(H2,14,15,16,17). The summed E-state index contributed by atoms with van der Waals surface area (Å²) in [5.41, 5.74) is 1.43. The van der Waals surface area contributed by atoms with Gasteiger partial charge in [-0.2, -0.15) is 5.26 Å². The molecular weight excluding hydrogens is 214 g/mol. The van der Waals surface area contributed by atoms with Crippen LogP contribution in [0.5, 0.6) is 0 Å². The molecule has 0 amide bonds. The molecule has 84 valence electrons. The number of hydrogen-bond donors (Lipinski definition) is 2. The van der Waals surface area contributed by atoms with Crippen LogP contribution in [0.4, 0.5) is 17.3 Å². The predicted molar refractivity (Wildman–Crippen MR) is 66.0 cm³/mol. The maximum absolute atomic E-state index is 8.80. The van der Waals surface area contributed by atoms with E-state index in [-0.39, 0.29) is 0 Å². The first-order chi connectivity index (χ1) is 8.31. The zero-order chi connectivity index (χ0) is 12.1. The van der Waals surface area contributed by atoms with Crippen LogP contribution in [0.3, 0.4) is 0 Å². The van der Waals surface area contributed by atoms with Crippen molar-refractivity contribution in [2.75, 3.05) is 17.7 Å². The van der Waals surface area contributed by atoms with E-state index < -0.39 is 0 Å². The van der Waals surface area contributed by atoms with Crippen molar-refractivity contribution in [2.45, 2.75) is 0 Å². The molecule has 1 heterocycles. The number of nitrogens with zero attached hydrogens (tertiary/aromatic N) is 3. The van der Waals surface area contributed by atoms with E-state index in [1.54, 1.807) is 25.2 Å². The van der Waals surface area contributed by atoms with Crippen LogP contribution in [0.15, 0.2) is 36.7 Å². The van der Waals surface area contributed by atoms with Gasteiger partial charge < -0.3 is 10.6 Å². The molecule has 0 aliphatic heterocycles. The zero-order valence-corrected chi connectivity index (χ0v) is 9.31. The van der Waals surface area contributed by atoms with E-state index in [0.29, 0.717) is 11.4 Å². The second kappa shape index (κ2) is 4.94. The Morgan fingerprint density at radius 2 is 2.00 bits per heavy atom. The molecule has 0 atom stereocenters. The summed E-state index contributed by atoms with van der Waals surface area (Å²) in [6.07, 6.45) is 1.47. The summed E-state index contributed by atoms with van der Waals surface area (Å²) < 4.78 is 0. The second-order valence-electron chi connectivity index (χ2n) is 3.36. The molecule has 0 spiro atoms. The van der Waals surface area contributed by atoms with Crippen molar-refractivity contribution in [3.8, 4) is 6.07 Å². The van der Waals surface area contributed by atoms with Gasteiger partial charge in [0.05, 0.1) is 11.6 Å². The van der Waals surface area contributed by atoms with Crippen molar-refractivity contribution >= 4 is 17.3 Å². The minimum Gasteiger partial charge on any atom is -0.373 e. The van der Waals surface area contributed by atoms with Crippen LogP contribution in [0, 0.1) is 11.3 Å². The normalized spacial score (nSPS) is 9.41. The number of nitrogens with one attached hydrogen (secondary N) is 2. The lowest BCUT2D eigenvalue weighted by Gasteiger charge is -2.06. The fraction of sp³-hybridized carbons (Fsp3) is 0.0833. The largest absolute Gasteiger partial charge is 0.373 e. The summed E-state index contributed by atoms with van der Waals surface area (Å²) in [6.45, 7) is 0. The number of rotatable bonds is 3. The van der Waals surface area contributed by atoms with Crippen molar-refractivity contribution in [3.05, 3.63) is 42.2 Å². The van der Waals surface area contributed by atoms with Gasteiger partial charge in [-0.05, 0) is 18.2 Å². The molecule has 0 saturated heterocycles. The van der Waals surface area contributed by atoms with Crippen LogP contribution < -0.4 is 10.6 Å². The van der Waals surface area contributed by atoms with Crippen molar-refractivity contribution < 1.29 is 0 Å². The highest BCUT2D eigenvalue weighted by Crippen LogP contribution is 2.16. The fourth-order valence-electron chi connectivity index (χ4n) is 1.38. The van der Waals surface area contributed by atoms with E-state index in [9.17, 15) is 0 Å². The quantitative estimate of drug-likeness (QED) is 0.837. The van der Waals surface area contributed by atoms with E-state index >= 15 is 0 Å². The molecule has 0 bridgehead atoms. The lowest BCUT2D eigenvalue weighted by atomic mass is 10.2. The smallest absolute Gasteiger partial charge is 0.135 e. The van der Waals surface area contributed by atoms with Gasteiger partial charge in [0, 0.05) is 18.8 Å². The number of nitriles is 1. The highest BCUT2D eigenvalue weighted by Gasteiger charge is 1.99. The van der Waals surface area contributed by atoms with Crippen molar-refractivity contribution in [1.82, 2.24) is 9.97 Å². The van der Waals surface area contributed by atoms with Crippen molar-refractivity contribution in [3.63, 3.8) is 0 Å². The Balaban J connectivity index is 2.22. The maximum Gasteiger partial charge on any atom is 0.135 e. The van der Waals surface area contributed by atoms with Gasteiger partial charge in [-0.15, -0.1) is 0 Å². The van der Waals surface area contributed by atoms with Gasteiger partial charge in [0.25, 0.3) is 0 Å². The number of benzene rings is 1. The Bertz CT molecular complexity index is 559. The second-order valence-corrected chi connectivity index (χ2v) is 3.36. The van der Waals surface area contributed by atoms with Crippen LogP contribution in [0.25, 0.3) is 0 Å². The lowest BCUT2D eigenvalue weighted by molar-refractivity contribution is 1.16. The average molecular weight is 225 g/mol. The molecule has 1 aromatic heterocycles. The van der Waals surface area contributed by atoms with E-state index in [2.05, 4.69) is 26.7 Å². The molecule has 0 saturated carbocycles. The molecule has 5 heteroatoms. The molecule has 0 aliphatic carbocycles. The van der Waals surface area contributed by atoms with Crippen LogP contribution in [0.2, 0.25) is 0 Å². The van der Waals surface area contributed by atoms with Crippen molar-refractivity contribution in [1.29, 1.82) is 5.26 Å². The van der Waals surface area contributed by atoms with Gasteiger partial charge in [-0.1, -0.05) is 6.07 Å². The topological polar surface area (TPSA) is 73.6 Å². The molecule has 0 aliphatic rings. The molecule has 2 rings (SSSR count). The third-order valence-electron chi connectivity index (χ3n) is 2.19. The number of anilines is 3. The Labute approximate surface area is 99.1 Å². The third kappa shape index (κ3) is 2.69. The maximum atomic E-state index is 8.80. The van der Waals surface area contributed by atoms with Crippen LogP contribution in [-0.2, 0) is 0 Å². The van der Waals surface area contributed by atoms with Crippen LogP contribution >= 0.6 is 0 Å². The summed E-state index contributed by atoms with van der Waals surface area (Å²) in [6, 6.07) is 11.1. The van der Waals surface area contributed by atoms with E-state index in [1.807, 2.05) is 12.1 Å². The summed E-state index contributed by atoms with van der Waals surface area (Å²) >= 11 is 0. The molecule has 0 radical (unpaired) electrons. The van der Waals surface area contributed by atoms with Crippen LogP contribution in [-0.4, -0.2) is 17.0 Å². The highest BCUT2D eigenvalue weighted by molar-refractivity contribution is 5.60. The zero-order valence-electron chi connectivity index (χ0n) is 9.31. The van der Waals surface area contributed by atoms with Gasteiger partial charge in [0.2, 0.25) is 0 Å². The average Bonchev–Trinajstić information content (AvgIpc) is 2.39. The van der Waals surface area contributed by atoms with Gasteiger partial charge in [-0.3, -0.25) is 0 Å². The molecule has 1 aromatic carbocycles. The summed E-state index contributed by atoms with van der Waals surface area (Å²) in [4.78, 5) is 8.11. The summed E-state index contributed by atoms with van der Waals surface area (Å²) in [5, 5.41) is 14.8. The Hall–Kier alpha value is -2.61. The van der Waals surface area contributed by atoms with E-state index in [1.165, 1.54) is 6.33 Å². The Morgan fingerprint density at radius 3 is 2.76 bits per heavy atom. The number of aromatic nitrogens is 2. The minimum atomic E-state index is 0.609. The van der Waals surface area contributed by atoms with Gasteiger partial charge in [0.1, 0.15) is 18.0 Å². The van der Waals surface area contributed by atoms with Crippen molar-refractivity contribution in [2.24, 2.45) is 0 Å². The Kier molecular flexibility index (Phi) is 3.17. The monoisotopic (exact) mass is 225 g/mol. The minimum absolute atomic E-state index is 0.609.